The lowest BCUT2D eigenvalue weighted by Crippen LogP contribution is -2.56. The molecule has 0 spiro atoms. The van der Waals surface area contributed by atoms with Crippen molar-refractivity contribution >= 4 is 43.9 Å². The first-order chi connectivity index (χ1) is 11.6. The van der Waals surface area contributed by atoms with Crippen molar-refractivity contribution in [3.05, 3.63) is 32.7 Å². The van der Waals surface area contributed by atoms with Gasteiger partial charge in [-0.3, -0.25) is 4.90 Å². The van der Waals surface area contributed by atoms with Crippen LogP contribution in [0.2, 0.25) is 0 Å². The minimum absolute atomic E-state index is 0.372. The highest BCUT2D eigenvalue weighted by atomic mass is 79.9. The van der Waals surface area contributed by atoms with Gasteiger partial charge < -0.3 is 9.47 Å². The van der Waals surface area contributed by atoms with E-state index in [1.807, 2.05) is 39.0 Å². The molecule has 1 aliphatic heterocycles. The third-order valence-corrected chi connectivity index (χ3v) is 5.00. The first-order valence-corrected chi connectivity index (χ1v) is 9.70. The number of benzene rings is 1. The SMILES string of the molecule is COC(=O)C1(Cc2cc(Br)cc(Br)c2)CCCN1C(=O)OC(C)(C)C. The Kier molecular flexibility index (Phi) is 6.20. The van der Waals surface area contributed by atoms with Crippen molar-refractivity contribution in [3.63, 3.8) is 0 Å². The molecule has 1 aromatic rings. The number of halogens is 2. The van der Waals surface area contributed by atoms with Gasteiger partial charge in [0.05, 0.1) is 7.11 Å². The molecule has 2 rings (SSSR count). The van der Waals surface area contributed by atoms with Crippen LogP contribution in [0.25, 0.3) is 0 Å². The number of ether oxygens (including phenoxy) is 2. The van der Waals surface area contributed by atoms with E-state index in [1.165, 1.54) is 12.0 Å². The van der Waals surface area contributed by atoms with Crippen LogP contribution >= 0.6 is 31.9 Å². The lowest BCUT2D eigenvalue weighted by molar-refractivity contribution is -0.153. The molecule has 0 bridgehead atoms. The van der Waals surface area contributed by atoms with Crippen LogP contribution in [0, 0.1) is 0 Å². The number of carbonyl (C=O) groups is 2. The summed E-state index contributed by atoms with van der Waals surface area (Å²) >= 11 is 6.93. The van der Waals surface area contributed by atoms with Gasteiger partial charge in [0.2, 0.25) is 0 Å². The average Bonchev–Trinajstić information content (AvgIpc) is 2.88. The summed E-state index contributed by atoms with van der Waals surface area (Å²) in [5, 5.41) is 0. The number of carbonyl (C=O) groups excluding carboxylic acids is 2. The standard InChI is InChI=1S/C18H23Br2NO4/c1-17(2,3)25-16(23)21-7-5-6-18(21,15(22)24-4)11-12-8-13(19)10-14(20)9-12/h8-10H,5-7,11H2,1-4H3. The number of esters is 1. The molecule has 1 amide bonds. The fourth-order valence-electron chi connectivity index (χ4n) is 3.17. The van der Waals surface area contributed by atoms with Crippen molar-refractivity contribution in [1.29, 1.82) is 0 Å². The molecule has 1 saturated heterocycles. The number of methoxy groups -OCH3 is 1. The summed E-state index contributed by atoms with van der Waals surface area (Å²) in [5.74, 6) is -0.410. The van der Waals surface area contributed by atoms with Crippen LogP contribution < -0.4 is 0 Å². The maximum atomic E-state index is 12.7. The molecule has 1 atom stereocenters. The molecule has 0 radical (unpaired) electrons. The van der Waals surface area contributed by atoms with Gasteiger partial charge in [-0.2, -0.15) is 0 Å². The molecule has 1 fully saturated rings. The van der Waals surface area contributed by atoms with Crippen LogP contribution in [0.3, 0.4) is 0 Å². The van der Waals surface area contributed by atoms with Crippen molar-refractivity contribution in [2.45, 2.75) is 51.2 Å². The van der Waals surface area contributed by atoms with Crippen LogP contribution in [0.15, 0.2) is 27.1 Å². The highest BCUT2D eigenvalue weighted by molar-refractivity contribution is 9.11. The third-order valence-electron chi connectivity index (χ3n) is 4.09. The Balaban J connectivity index is 2.39. The van der Waals surface area contributed by atoms with Gasteiger partial charge in [-0.25, -0.2) is 9.59 Å². The smallest absolute Gasteiger partial charge is 0.411 e. The van der Waals surface area contributed by atoms with E-state index in [1.54, 1.807) is 0 Å². The predicted molar refractivity (Wildman–Crippen MR) is 102 cm³/mol. The molecule has 0 aromatic heterocycles. The van der Waals surface area contributed by atoms with E-state index < -0.39 is 23.2 Å². The third kappa shape index (κ3) is 4.76. The number of likely N-dealkylation sites (tertiary alicyclic amines) is 1. The van der Waals surface area contributed by atoms with E-state index in [0.29, 0.717) is 19.4 Å². The van der Waals surface area contributed by atoms with Crippen LogP contribution in [0.4, 0.5) is 4.79 Å². The lowest BCUT2D eigenvalue weighted by Gasteiger charge is -2.37. The first-order valence-electron chi connectivity index (χ1n) is 8.11. The van der Waals surface area contributed by atoms with Gasteiger partial charge in [0.15, 0.2) is 0 Å². The van der Waals surface area contributed by atoms with E-state index in [2.05, 4.69) is 31.9 Å². The topological polar surface area (TPSA) is 55.8 Å². The zero-order chi connectivity index (χ0) is 18.8. The fourth-order valence-corrected chi connectivity index (χ4v) is 4.56. The number of hydrogen-bond donors (Lipinski definition) is 0. The molecule has 0 N–H and O–H groups in total. The molecule has 1 aromatic carbocycles. The predicted octanol–water partition coefficient (Wildman–Crippen LogP) is 4.70. The lowest BCUT2D eigenvalue weighted by atomic mass is 9.88. The summed E-state index contributed by atoms with van der Waals surface area (Å²) < 4.78 is 12.4. The van der Waals surface area contributed by atoms with Gasteiger partial charge >= 0.3 is 12.1 Å². The molecule has 1 unspecified atom stereocenters. The number of amides is 1. The van der Waals surface area contributed by atoms with Crippen molar-refractivity contribution < 1.29 is 19.1 Å². The van der Waals surface area contributed by atoms with E-state index in [-0.39, 0.29) is 0 Å². The quantitative estimate of drug-likeness (QED) is 0.593. The summed E-state index contributed by atoms with van der Waals surface area (Å²) in [5.41, 5.74) is -0.736. The molecule has 0 aliphatic carbocycles. The van der Waals surface area contributed by atoms with Crippen molar-refractivity contribution in [2.75, 3.05) is 13.7 Å². The van der Waals surface area contributed by atoms with E-state index in [0.717, 1.165) is 20.9 Å². The van der Waals surface area contributed by atoms with Gasteiger partial charge in [0, 0.05) is 21.9 Å². The van der Waals surface area contributed by atoms with Crippen LogP contribution in [0.5, 0.6) is 0 Å². The molecular formula is C18H23Br2NO4. The van der Waals surface area contributed by atoms with Gasteiger partial charge in [-0.1, -0.05) is 31.9 Å². The Labute approximate surface area is 165 Å². The maximum absolute atomic E-state index is 12.7. The molecule has 0 saturated carbocycles. The highest BCUT2D eigenvalue weighted by Gasteiger charge is 2.52. The van der Waals surface area contributed by atoms with E-state index in [9.17, 15) is 9.59 Å². The summed E-state index contributed by atoms with van der Waals surface area (Å²) in [6.45, 7) is 5.91. The Morgan fingerprint density at radius 2 is 1.80 bits per heavy atom. The van der Waals surface area contributed by atoms with Crippen LogP contribution in [0.1, 0.15) is 39.2 Å². The van der Waals surface area contributed by atoms with Crippen LogP contribution in [-0.2, 0) is 20.7 Å². The second kappa shape index (κ2) is 7.66. The maximum Gasteiger partial charge on any atom is 0.411 e. The first kappa shape index (κ1) is 20.2. The zero-order valence-electron chi connectivity index (χ0n) is 14.9. The van der Waals surface area contributed by atoms with Crippen LogP contribution in [-0.4, -0.2) is 41.8 Å². The zero-order valence-corrected chi connectivity index (χ0v) is 18.1. The monoisotopic (exact) mass is 475 g/mol. The Hall–Kier alpha value is -1.08. The summed E-state index contributed by atoms with van der Waals surface area (Å²) in [6, 6.07) is 5.82. The van der Waals surface area contributed by atoms with Gasteiger partial charge in [0.25, 0.3) is 0 Å². The average molecular weight is 477 g/mol. The van der Waals surface area contributed by atoms with Crippen molar-refractivity contribution in [2.24, 2.45) is 0 Å². The van der Waals surface area contributed by atoms with Crippen molar-refractivity contribution in [3.8, 4) is 0 Å². The summed E-state index contributed by atoms with van der Waals surface area (Å²) in [6.07, 6.45) is 1.16. The number of nitrogens with zero attached hydrogens (tertiary/aromatic N) is 1. The Bertz CT molecular complexity index is 651. The van der Waals surface area contributed by atoms with Gasteiger partial charge in [0.1, 0.15) is 11.1 Å². The molecule has 138 valence electrons. The fraction of sp³-hybridized carbons (Fsp3) is 0.556. The Morgan fingerprint density at radius 1 is 1.20 bits per heavy atom. The molecular weight excluding hydrogens is 454 g/mol. The van der Waals surface area contributed by atoms with E-state index in [4.69, 9.17) is 9.47 Å². The molecule has 7 heteroatoms. The molecule has 5 nitrogen and oxygen atoms in total. The number of rotatable bonds is 3. The summed E-state index contributed by atoms with van der Waals surface area (Å²) in [7, 11) is 1.35. The van der Waals surface area contributed by atoms with Crippen molar-refractivity contribution in [1.82, 2.24) is 4.90 Å². The normalized spacial score (nSPS) is 20.5. The minimum Gasteiger partial charge on any atom is -0.467 e. The molecule has 1 heterocycles. The van der Waals surface area contributed by atoms with Gasteiger partial charge in [-0.15, -0.1) is 0 Å². The summed E-state index contributed by atoms with van der Waals surface area (Å²) in [4.78, 5) is 26.9. The number of hydrogen-bond acceptors (Lipinski definition) is 4. The highest BCUT2D eigenvalue weighted by Crippen LogP contribution is 2.36. The molecule has 1 aliphatic rings. The largest absolute Gasteiger partial charge is 0.467 e. The molecule has 25 heavy (non-hydrogen) atoms. The second-order valence-corrected chi connectivity index (χ2v) is 9.04. The Morgan fingerprint density at radius 3 is 2.32 bits per heavy atom. The second-order valence-electron chi connectivity index (χ2n) is 7.21. The minimum atomic E-state index is -1.04. The van der Waals surface area contributed by atoms with Gasteiger partial charge in [-0.05, 0) is 57.4 Å². The van der Waals surface area contributed by atoms with E-state index >= 15 is 0 Å².